The van der Waals surface area contributed by atoms with Crippen LogP contribution in [0.25, 0.3) is 0 Å². The van der Waals surface area contributed by atoms with E-state index in [1.165, 1.54) is 12.1 Å². The lowest BCUT2D eigenvalue weighted by Gasteiger charge is -2.38. The molecule has 2 atom stereocenters. The Balaban J connectivity index is 1.48. The molecule has 3 rings (SSSR count). The normalized spacial score (nSPS) is 20.3. The second-order valence-electron chi connectivity index (χ2n) is 6.90. The third-order valence-electron chi connectivity index (χ3n) is 5.13. The second kappa shape index (κ2) is 8.94. The number of hydrogen-bond donors (Lipinski definition) is 0. The van der Waals surface area contributed by atoms with Gasteiger partial charge in [0.2, 0.25) is 5.91 Å². The second-order valence-corrected chi connectivity index (χ2v) is 6.90. The summed E-state index contributed by atoms with van der Waals surface area (Å²) < 4.78 is 20.7. The molecule has 2 heterocycles. The van der Waals surface area contributed by atoms with E-state index in [-0.39, 0.29) is 17.8 Å². The maximum Gasteiger partial charge on any atom is 0.222 e. The fourth-order valence-corrected chi connectivity index (χ4v) is 3.61. The monoisotopic (exact) mass is 359 g/mol. The molecule has 1 fully saturated rings. The van der Waals surface area contributed by atoms with E-state index in [0.29, 0.717) is 18.9 Å². The lowest BCUT2D eigenvalue weighted by atomic mass is 9.87. The van der Waals surface area contributed by atoms with Crippen molar-refractivity contribution < 1.29 is 13.9 Å². The van der Waals surface area contributed by atoms with E-state index >= 15 is 0 Å². The summed E-state index contributed by atoms with van der Waals surface area (Å²) in [7, 11) is 1.70. The molecule has 0 unspecified atom stereocenters. The van der Waals surface area contributed by atoms with Crippen molar-refractivity contribution >= 4 is 5.91 Å². The molecule has 0 spiro atoms. The summed E-state index contributed by atoms with van der Waals surface area (Å²) >= 11 is 0. The Labute approximate surface area is 153 Å². The van der Waals surface area contributed by atoms with E-state index in [0.717, 1.165) is 37.9 Å². The molecular formula is C20H26FN3O2. The van der Waals surface area contributed by atoms with Crippen molar-refractivity contribution in [3.05, 3.63) is 54.4 Å². The topological polar surface area (TPSA) is 47.4 Å². The van der Waals surface area contributed by atoms with Gasteiger partial charge < -0.3 is 14.2 Å². The molecule has 1 amide bonds. The smallest absolute Gasteiger partial charge is 0.222 e. The third kappa shape index (κ3) is 4.91. The van der Waals surface area contributed by atoms with Crippen molar-refractivity contribution in [1.29, 1.82) is 0 Å². The van der Waals surface area contributed by atoms with Crippen molar-refractivity contribution in [2.24, 2.45) is 5.92 Å². The zero-order valence-corrected chi connectivity index (χ0v) is 15.2. The van der Waals surface area contributed by atoms with Crippen LogP contribution in [0.3, 0.4) is 0 Å². The van der Waals surface area contributed by atoms with Crippen LogP contribution < -0.4 is 0 Å². The summed E-state index contributed by atoms with van der Waals surface area (Å²) in [5.41, 5.74) is 1.11. The van der Waals surface area contributed by atoms with Crippen LogP contribution in [0.2, 0.25) is 0 Å². The van der Waals surface area contributed by atoms with Crippen LogP contribution in [0, 0.1) is 11.7 Å². The molecule has 1 aromatic carbocycles. The largest absolute Gasteiger partial charge is 0.379 e. The summed E-state index contributed by atoms with van der Waals surface area (Å²) in [5, 5.41) is 0. The summed E-state index contributed by atoms with van der Waals surface area (Å²) in [6, 6.07) is 6.65. The number of amides is 1. The molecule has 1 saturated heterocycles. The number of nitrogens with zero attached hydrogens (tertiary/aromatic N) is 3. The standard InChI is InChI=1S/C20H26FN3O2/c1-26-19-14-24(20(25)3-2-10-23-12-9-22-15-23)11-8-17(19)13-16-4-6-18(21)7-5-16/h4-7,9,12,15,17,19H,2-3,8,10-11,13-14H2,1H3/t17-,19+/m1/s1. The highest BCUT2D eigenvalue weighted by Gasteiger charge is 2.31. The van der Waals surface area contributed by atoms with Gasteiger partial charge in [-0.3, -0.25) is 4.79 Å². The Morgan fingerprint density at radius 2 is 2.15 bits per heavy atom. The fraction of sp³-hybridized carbons (Fsp3) is 0.500. The number of methoxy groups -OCH3 is 1. The Bertz CT molecular complexity index is 688. The predicted octanol–water partition coefficient (Wildman–Crippen LogP) is 2.91. The van der Waals surface area contributed by atoms with Gasteiger partial charge in [-0.25, -0.2) is 9.37 Å². The Hall–Kier alpha value is -2.21. The fourth-order valence-electron chi connectivity index (χ4n) is 3.61. The third-order valence-corrected chi connectivity index (χ3v) is 5.13. The molecular weight excluding hydrogens is 333 g/mol. The number of carbonyl (C=O) groups is 1. The minimum Gasteiger partial charge on any atom is -0.379 e. The van der Waals surface area contributed by atoms with Gasteiger partial charge in [0, 0.05) is 45.6 Å². The van der Waals surface area contributed by atoms with Gasteiger partial charge in [-0.2, -0.15) is 0 Å². The van der Waals surface area contributed by atoms with Crippen LogP contribution >= 0.6 is 0 Å². The highest BCUT2D eigenvalue weighted by molar-refractivity contribution is 5.76. The van der Waals surface area contributed by atoms with E-state index < -0.39 is 0 Å². The number of aromatic nitrogens is 2. The van der Waals surface area contributed by atoms with Gasteiger partial charge in [0.05, 0.1) is 12.4 Å². The number of benzene rings is 1. The molecule has 26 heavy (non-hydrogen) atoms. The molecule has 0 radical (unpaired) electrons. The van der Waals surface area contributed by atoms with E-state index in [1.54, 1.807) is 19.6 Å². The molecule has 0 N–H and O–H groups in total. The van der Waals surface area contributed by atoms with Crippen molar-refractivity contribution in [2.45, 2.75) is 38.3 Å². The molecule has 140 valence electrons. The lowest BCUT2D eigenvalue weighted by Crippen LogP contribution is -2.48. The van der Waals surface area contributed by atoms with Crippen LogP contribution in [-0.2, 0) is 22.5 Å². The van der Waals surface area contributed by atoms with E-state index in [1.807, 2.05) is 27.8 Å². The average Bonchev–Trinajstić information content (AvgIpc) is 3.17. The first-order chi connectivity index (χ1) is 12.7. The van der Waals surface area contributed by atoms with Gasteiger partial charge in [-0.15, -0.1) is 0 Å². The highest BCUT2D eigenvalue weighted by atomic mass is 19.1. The lowest BCUT2D eigenvalue weighted by molar-refractivity contribution is -0.136. The Morgan fingerprint density at radius 3 is 2.85 bits per heavy atom. The first-order valence-electron chi connectivity index (χ1n) is 9.16. The highest BCUT2D eigenvalue weighted by Crippen LogP contribution is 2.25. The van der Waals surface area contributed by atoms with E-state index in [4.69, 9.17) is 4.74 Å². The molecule has 1 aliphatic rings. The van der Waals surface area contributed by atoms with E-state index in [9.17, 15) is 9.18 Å². The molecule has 5 nitrogen and oxygen atoms in total. The van der Waals surface area contributed by atoms with Crippen LogP contribution in [0.5, 0.6) is 0 Å². The van der Waals surface area contributed by atoms with Crippen molar-refractivity contribution in [3.63, 3.8) is 0 Å². The first kappa shape index (κ1) is 18.6. The number of ether oxygens (including phenoxy) is 1. The van der Waals surface area contributed by atoms with Gasteiger partial charge in [0.25, 0.3) is 0 Å². The maximum atomic E-state index is 13.1. The number of piperidine rings is 1. The van der Waals surface area contributed by atoms with Crippen LogP contribution in [0.1, 0.15) is 24.8 Å². The first-order valence-corrected chi connectivity index (χ1v) is 9.16. The Morgan fingerprint density at radius 1 is 1.35 bits per heavy atom. The molecule has 0 aliphatic carbocycles. The molecule has 1 aliphatic heterocycles. The van der Waals surface area contributed by atoms with Gasteiger partial charge in [-0.1, -0.05) is 12.1 Å². The minimum absolute atomic E-state index is 0.0198. The molecule has 0 bridgehead atoms. The maximum absolute atomic E-state index is 13.1. The number of aryl methyl sites for hydroxylation is 1. The zero-order chi connectivity index (χ0) is 18.4. The molecule has 0 saturated carbocycles. The predicted molar refractivity (Wildman–Crippen MR) is 97.0 cm³/mol. The number of halogens is 1. The van der Waals surface area contributed by atoms with Crippen LogP contribution in [0.4, 0.5) is 4.39 Å². The van der Waals surface area contributed by atoms with Crippen molar-refractivity contribution in [3.8, 4) is 0 Å². The SMILES string of the molecule is CO[C@H]1CN(C(=O)CCCn2ccnc2)CC[C@@H]1Cc1ccc(F)cc1. The number of hydrogen-bond acceptors (Lipinski definition) is 3. The van der Waals surface area contributed by atoms with Crippen LogP contribution in [-0.4, -0.2) is 46.7 Å². The summed E-state index contributed by atoms with van der Waals surface area (Å²) in [5.74, 6) is 0.320. The minimum atomic E-state index is -0.215. The van der Waals surface area contributed by atoms with Crippen LogP contribution in [0.15, 0.2) is 43.0 Å². The summed E-state index contributed by atoms with van der Waals surface area (Å²) in [4.78, 5) is 18.4. The molecule has 2 aromatic rings. The van der Waals surface area contributed by atoms with Gasteiger partial charge in [0.1, 0.15) is 5.82 Å². The molecule has 6 heteroatoms. The zero-order valence-electron chi connectivity index (χ0n) is 15.2. The van der Waals surface area contributed by atoms with Gasteiger partial charge in [-0.05, 0) is 42.9 Å². The summed E-state index contributed by atoms with van der Waals surface area (Å²) in [6.45, 7) is 2.20. The average molecular weight is 359 g/mol. The number of carbonyl (C=O) groups excluding carboxylic acids is 1. The summed E-state index contributed by atoms with van der Waals surface area (Å²) in [6.07, 6.45) is 8.55. The molecule has 1 aromatic heterocycles. The number of imidazole rings is 1. The quantitative estimate of drug-likeness (QED) is 0.764. The van der Waals surface area contributed by atoms with Crippen molar-refractivity contribution in [1.82, 2.24) is 14.5 Å². The van der Waals surface area contributed by atoms with Gasteiger partial charge >= 0.3 is 0 Å². The van der Waals surface area contributed by atoms with E-state index in [2.05, 4.69) is 4.98 Å². The van der Waals surface area contributed by atoms with Gasteiger partial charge in [0.15, 0.2) is 0 Å². The number of likely N-dealkylation sites (tertiary alicyclic amines) is 1. The van der Waals surface area contributed by atoms with Crippen molar-refractivity contribution in [2.75, 3.05) is 20.2 Å². The Kier molecular flexibility index (Phi) is 6.39. The number of rotatable bonds is 7.